The Balaban J connectivity index is 1.86. The molecule has 0 bridgehead atoms. The van der Waals surface area contributed by atoms with Crippen LogP contribution in [0.5, 0.6) is 0 Å². The topological polar surface area (TPSA) is 32.3 Å². The molecule has 1 aromatic rings. The molecule has 1 aromatic carbocycles. The van der Waals surface area contributed by atoms with E-state index in [1.165, 1.54) is 6.07 Å². The molecule has 0 saturated carbocycles. The largest absolute Gasteiger partial charge is 0.352 e. The SMILES string of the molecule is C=CCNC(=O)CN1CCC(c2cccc(F)c2)C1. The Labute approximate surface area is 113 Å². The second kappa shape index (κ2) is 6.48. The lowest BCUT2D eigenvalue weighted by Gasteiger charge is -2.15. The van der Waals surface area contributed by atoms with Gasteiger partial charge in [0.25, 0.3) is 0 Å². The van der Waals surface area contributed by atoms with Crippen molar-refractivity contribution in [1.82, 2.24) is 10.2 Å². The lowest BCUT2D eigenvalue weighted by molar-refractivity contribution is -0.121. The van der Waals surface area contributed by atoms with Crippen molar-refractivity contribution in [2.24, 2.45) is 0 Å². The van der Waals surface area contributed by atoms with Crippen LogP contribution in [0.25, 0.3) is 0 Å². The third kappa shape index (κ3) is 3.89. The summed E-state index contributed by atoms with van der Waals surface area (Å²) in [6.45, 7) is 6.15. The van der Waals surface area contributed by atoms with Crippen LogP contribution >= 0.6 is 0 Å². The molecular weight excluding hydrogens is 243 g/mol. The molecule has 2 rings (SSSR count). The van der Waals surface area contributed by atoms with Gasteiger partial charge in [-0.3, -0.25) is 9.69 Å². The number of carbonyl (C=O) groups is 1. The minimum atomic E-state index is -0.195. The van der Waals surface area contributed by atoms with E-state index >= 15 is 0 Å². The van der Waals surface area contributed by atoms with Crippen molar-refractivity contribution in [2.75, 3.05) is 26.2 Å². The summed E-state index contributed by atoms with van der Waals surface area (Å²) in [5, 5.41) is 2.76. The van der Waals surface area contributed by atoms with Crippen molar-refractivity contribution in [1.29, 1.82) is 0 Å². The lowest BCUT2D eigenvalue weighted by atomic mass is 9.98. The molecule has 0 spiro atoms. The van der Waals surface area contributed by atoms with Gasteiger partial charge in [-0.05, 0) is 36.6 Å². The predicted octanol–water partition coefficient (Wildman–Crippen LogP) is 1.92. The Morgan fingerprint density at radius 1 is 1.58 bits per heavy atom. The Morgan fingerprint density at radius 2 is 2.42 bits per heavy atom. The van der Waals surface area contributed by atoms with Gasteiger partial charge >= 0.3 is 0 Å². The fourth-order valence-electron chi connectivity index (χ4n) is 2.45. The summed E-state index contributed by atoms with van der Waals surface area (Å²) in [5.41, 5.74) is 1.02. The molecule has 3 nitrogen and oxygen atoms in total. The van der Waals surface area contributed by atoms with Crippen molar-refractivity contribution < 1.29 is 9.18 Å². The molecular formula is C15H19FN2O. The van der Waals surface area contributed by atoms with Gasteiger partial charge in [-0.25, -0.2) is 4.39 Å². The van der Waals surface area contributed by atoms with Crippen molar-refractivity contribution in [3.8, 4) is 0 Å². The number of likely N-dealkylation sites (tertiary alicyclic amines) is 1. The zero-order valence-electron chi connectivity index (χ0n) is 10.9. The Bertz CT molecular complexity index is 461. The van der Waals surface area contributed by atoms with Gasteiger partial charge in [0.2, 0.25) is 5.91 Å². The lowest BCUT2D eigenvalue weighted by Crippen LogP contribution is -2.36. The fourth-order valence-corrected chi connectivity index (χ4v) is 2.45. The molecule has 102 valence electrons. The molecule has 1 saturated heterocycles. The van der Waals surface area contributed by atoms with Gasteiger partial charge in [0.15, 0.2) is 0 Å². The van der Waals surface area contributed by atoms with E-state index in [0.29, 0.717) is 19.0 Å². The Kier molecular flexibility index (Phi) is 4.68. The zero-order valence-corrected chi connectivity index (χ0v) is 10.9. The number of nitrogens with one attached hydrogen (secondary N) is 1. The minimum absolute atomic E-state index is 0.0137. The number of hydrogen-bond donors (Lipinski definition) is 1. The van der Waals surface area contributed by atoms with Crippen LogP contribution in [-0.2, 0) is 4.79 Å². The van der Waals surface area contributed by atoms with Crippen LogP contribution in [-0.4, -0.2) is 37.0 Å². The van der Waals surface area contributed by atoms with Crippen LogP contribution in [0.4, 0.5) is 4.39 Å². The van der Waals surface area contributed by atoms with E-state index in [9.17, 15) is 9.18 Å². The van der Waals surface area contributed by atoms with Crippen molar-refractivity contribution >= 4 is 5.91 Å². The van der Waals surface area contributed by atoms with Crippen LogP contribution in [0.1, 0.15) is 17.9 Å². The molecule has 0 aromatic heterocycles. The first-order valence-electron chi connectivity index (χ1n) is 6.54. The van der Waals surface area contributed by atoms with E-state index in [-0.39, 0.29) is 11.7 Å². The van der Waals surface area contributed by atoms with E-state index in [4.69, 9.17) is 0 Å². The number of halogens is 1. The number of nitrogens with zero attached hydrogens (tertiary/aromatic N) is 1. The van der Waals surface area contributed by atoms with E-state index in [1.54, 1.807) is 18.2 Å². The van der Waals surface area contributed by atoms with Crippen molar-refractivity contribution in [3.63, 3.8) is 0 Å². The van der Waals surface area contributed by atoms with Crippen LogP contribution in [0.15, 0.2) is 36.9 Å². The molecule has 1 aliphatic heterocycles. The molecule has 1 N–H and O–H groups in total. The number of rotatable bonds is 5. The number of benzene rings is 1. The van der Waals surface area contributed by atoms with E-state index in [2.05, 4.69) is 16.8 Å². The molecule has 19 heavy (non-hydrogen) atoms. The van der Waals surface area contributed by atoms with Crippen LogP contribution in [0.2, 0.25) is 0 Å². The first-order chi connectivity index (χ1) is 9.19. The van der Waals surface area contributed by atoms with Crippen LogP contribution < -0.4 is 5.32 Å². The number of amides is 1. The molecule has 4 heteroatoms. The molecule has 1 heterocycles. The summed E-state index contributed by atoms with van der Waals surface area (Å²) in [4.78, 5) is 13.7. The van der Waals surface area contributed by atoms with Crippen molar-refractivity contribution in [2.45, 2.75) is 12.3 Å². The summed E-state index contributed by atoms with van der Waals surface area (Å²) < 4.78 is 13.2. The molecule has 0 radical (unpaired) electrons. The predicted molar refractivity (Wildman–Crippen MR) is 73.4 cm³/mol. The third-order valence-electron chi connectivity index (χ3n) is 3.40. The fraction of sp³-hybridized carbons (Fsp3) is 0.400. The average molecular weight is 262 g/mol. The normalized spacial score (nSPS) is 19.3. The first kappa shape index (κ1) is 13.7. The van der Waals surface area contributed by atoms with Crippen LogP contribution in [0.3, 0.4) is 0 Å². The maximum absolute atomic E-state index is 13.2. The Morgan fingerprint density at radius 3 is 3.16 bits per heavy atom. The smallest absolute Gasteiger partial charge is 0.234 e. The summed E-state index contributed by atoms with van der Waals surface area (Å²) in [5.74, 6) is 0.141. The van der Waals surface area contributed by atoms with Gasteiger partial charge in [-0.2, -0.15) is 0 Å². The first-order valence-corrected chi connectivity index (χ1v) is 6.54. The molecule has 1 fully saturated rings. The van der Waals surface area contributed by atoms with E-state index < -0.39 is 0 Å². The number of carbonyl (C=O) groups excluding carboxylic acids is 1. The van der Waals surface area contributed by atoms with Gasteiger partial charge < -0.3 is 5.32 Å². The van der Waals surface area contributed by atoms with Gasteiger partial charge in [0, 0.05) is 13.1 Å². The van der Waals surface area contributed by atoms with E-state index in [1.807, 2.05) is 6.07 Å². The summed E-state index contributed by atoms with van der Waals surface area (Å²) >= 11 is 0. The van der Waals surface area contributed by atoms with Gasteiger partial charge in [0.1, 0.15) is 5.82 Å². The van der Waals surface area contributed by atoms with Crippen molar-refractivity contribution in [3.05, 3.63) is 48.3 Å². The van der Waals surface area contributed by atoms with Gasteiger partial charge in [-0.1, -0.05) is 18.2 Å². The molecule has 1 amide bonds. The summed E-state index contributed by atoms with van der Waals surface area (Å²) in [6, 6.07) is 6.74. The van der Waals surface area contributed by atoms with Gasteiger partial charge in [-0.15, -0.1) is 6.58 Å². The van der Waals surface area contributed by atoms with Crippen LogP contribution in [0, 0.1) is 5.82 Å². The minimum Gasteiger partial charge on any atom is -0.352 e. The average Bonchev–Trinajstić information content (AvgIpc) is 2.85. The highest BCUT2D eigenvalue weighted by molar-refractivity contribution is 5.78. The Hall–Kier alpha value is -1.68. The molecule has 1 unspecified atom stereocenters. The highest BCUT2D eigenvalue weighted by Crippen LogP contribution is 2.27. The quantitative estimate of drug-likeness (QED) is 0.822. The monoisotopic (exact) mass is 262 g/mol. The van der Waals surface area contributed by atoms with E-state index in [0.717, 1.165) is 25.1 Å². The molecule has 1 atom stereocenters. The highest BCUT2D eigenvalue weighted by atomic mass is 19.1. The second-order valence-corrected chi connectivity index (χ2v) is 4.87. The zero-order chi connectivity index (χ0) is 13.7. The number of hydrogen-bond acceptors (Lipinski definition) is 2. The summed E-state index contributed by atoms with van der Waals surface area (Å²) in [7, 11) is 0. The van der Waals surface area contributed by atoms with Gasteiger partial charge in [0.05, 0.1) is 6.54 Å². The second-order valence-electron chi connectivity index (χ2n) is 4.87. The third-order valence-corrected chi connectivity index (χ3v) is 3.40. The standard InChI is InChI=1S/C15H19FN2O/c1-2-7-17-15(19)11-18-8-6-13(10-18)12-4-3-5-14(16)9-12/h2-5,9,13H,1,6-8,10-11H2,(H,17,19). The molecule has 1 aliphatic rings. The maximum Gasteiger partial charge on any atom is 0.234 e. The maximum atomic E-state index is 13.2. The highest BCUT2D eigenvalue weighted by Gasteiger charge is 2.25. The summed E-state index contributed by atoms with van der Waals surface area (Å²) in [6.07, 6.45) is 2.63. The molecule has 0 aliphatic carbocycles.